The predicted octanol–water partition coefficient (Wildman–Crippen LogP) is 2.11. The molecular weight excluding hydrogens is 330 g/mol. The number of aryl methyl sites for hydroxylation is 1. The fourth-order valence-corrected chi connectivity index (χ4v) is 3.08. The van der Waals surface area contributed by atoms with Crippen molar-refractivity contribution in [1.82, 2.24) is 10.2 Å². The minimum Gasteiger partial charge on any atom is -0.350 e. The van der Waals surface area contributed by atoms with Crippen molar-refractivity contribution in [3.63, 3.8) is 0 Å². The van der Waals surface area contributed by atoms with E-state index >= 15 is 0 Å². The van der Waals surface area contributed by atoms with Crippen molar-refractivity contribution >= 4 is 23.4 Å². The Morgan fingerprint density at radius 3 is 2.38 bits per heavy atom. The van der Waals surface area contributed by atoms with Crippen LogP contribution in [-0.4, -0.2) is 47.8 Å². The zero-order valence-electron chi connectivity index (χ0n) is 16.3. The highest BCUT2D eigenvalue weighted by Crippen LogP contribution is 2.26. The average molecular weight is 359 g/mol. The maximum Gasteiger partial charge on any atom is 0.240 e. The van der Waals surface area contributed by atoms with Crippen molar-refractivity contribution < 1.29 is 14.4 Å². The lowest BCUT2D eigenvalue weighted by Gasteiger charge is -2.26. The van der Waals surface area contributed by atoms with Gasteiger partial charge < -0.3 is 15.1 Å². The zero-order valence-corrected chi connectivity index (χ0v) is 16.3. The summed E-state index contributed by atoms with van der Waals surface area (Å²) in [6, 6.07) is 7.70. The summed E-state index contributed by atoms with van der Waals surface area (Å²) in [6.07, 6.45) is 0.185. The molecule has 142 valence electrons. The molecule has 1 saturated heterocycles. The molecule has 1 aliphatic heterocycles. The zero-order chi connectivity index (χ0) is 19.5. The number of carbonyl (C=O) groups is 3. The van der Waals surface area contributed by atoms with Gasteiger partial charge >= 0.3 is 0 Å². The topological polar surface area (TPSA) is 69.7 Å². The van der Waals surface area contributed by atoms with Crippen molar-refractivity contribution in [3.8, 4) is 0 Å². The summed E-state index contributed by atoms with van der Waals surface area (Å²) in [6.45, 7) is 10.3. The molecule has 1 aromatic carbocycles. The third-order valence-electron chi connectivity index (χ3n) is 4.36. The van der Waals surface area contributed by atoms with Crippen LogP contribution in [0.1, 0.15) is 39.7 Å². The van der Waals surface area contributed by atoms with Gasteiger partial charge in [-0.3, -0.25) is 14.4 Å². The first-order valence-corrected chi connectivity index (χ1v) is 9.07. The normalized spacial score (nSPS) is 17.3. The van der Waals surface area contributed by atoms with Gasteiger partial charge in [-0.15, -0.1) is 0 Å². The Morgan fingerprint density at radius 1 is 1.23 bits per heavy atom. The molecule has 0 aromatic heterocycles. The molecule has 3 amide bonds. The van der Waals surface area contributed by atoms with E-state index in [1.54, 1.807) is 4.90 Å². The smallest absolute Gasteiger partial charge is 0.240 e. The predicted molar refractivity (Wildman–Crippen MR) is 102 cm³/mol. The van der Waals surface area contributed by atoms with Gasteiger partial charge in [0.15, 0.2) is 0 Å². The Morgan fingerprint density at radius 2 is 1.85 bits per heavy atom. The lowest BCUT2D eigenvalue weighted by atomic mass is 10.1. The number of rotatable bonds is 5. The van der Waals surface area contributed by atoms with Gasteiger partial charge in [0.25, 0.3) is 0 Å². The van der Waals surface area contributed by atoms with Crippen LogP contribution in [0.25, 0.3) is 0 Å². The molecule has 0 bridgehead atoms. The van der Waals surface area contributed by atoms with E-state index in [0.29, 0.717) is 13.1 Å². The number of carbonyl (C=O) groups excluding carboxylic acids is 3. The van der Waals surface area contributed by atoms with Crippen LogP contribution in [-0.2, 0) is 14.4 Å². The van der Waals surface area contributed by atoms with Crippen molar-refractivity contribution in [1.29, 1.82) is 0 Å². The maximum atomic E-state index is 12.8. The van der Waals surface area contributed by atoms with E-state index in [4.69, 9.17) is 0 Å². The fourth-order valence-electron chi connectivity index (χ4n) is 3.08. The Labute approximate surface area is 155 Å². The highest BCUT2D eigenvalue weighted by molar-refractivity contribution is 6.00. The monoisotopic (exact) mass is 359 g/mol. The van der Waals surface area contributed by atoms with Crippen LogP contribution in [0.3, 0.4) is 0 Å². The number of likely N-dealkylation sites (N-methyl/N-ethyl adjacent to an activating group) is 1. The molecule has 1 atom stereocenters. The minimum atomic E-state index is -0.411. The molecule has 1 fully saturated rings. The standard InChI is InChI=1S/C20H29N3O3/c1-6-22(13-17(24)21-20(3,4)5)19(26)15-11-18(25)23(12-15)16-9-7-14(2)8-10-16/h7-10,15H,6,11-13H2,1-5H3,(H,21,24). The van der Waals surface area contributed by atoms with Crippen molar-refractivity contribution in [3.05, 3.63) is 29.8 Å². The largest absolute Gasteiger partial charge is 0.350 e. The van der Waals surface area contributed by atoms with Crippen LogP contribution >= 0.6 is 0 Å². The Bertz CT molecular complexity index is 677. The summed E-state index contributed by atoms with van der Waals surface area (Å²) >= 11 is 0. The molecule has 1 unspecified atom stereocenters. The first-order chi connectivity index (χ1) is 12.1. The van der Waals surface area contributed by atoms with Crippen LogP contribution < -0.4 is 10.2 Å². The van der Waals surface area contributed by atoms with Crippen molar-refractivity contribution in [2.24, 2.45) is 5.92 Å². The second-order valence-electron chi connectivity index (χ2n) is 7.89. The molecular formula is C20H29N3O3. The summed E-state index contributed by atoms with van der Waals surface area (Å²) in [5, 5.41) is 2.87. The summed E-state index contributed by atoms with van der Waals surface area (Å²) in [5.74, 6) is -0.791. The second kappa shape index (κ2) is 7.89. The molecule has 1 aliphatic rings. The number of amides is 3. The highest BCUT2D eigenvalue weighted by Gasteiger charge is 2.37. The van der Waals surface area contributed by atoms with E-state index in [9.17, 15) is 14.4 Å². The molecule has 26 heavy (non-hydrogen) atoms. The molecule has 6 heteroatoms. The van der Waals surface area contributed by atoms with E-state index in [0.717, 1.165) is 11.3 Å². The third-order valence-corrected chi connectivity index (χ3v) is 4.36. The van der Waals surface area contributed by atoms with Crippen molar-refractivity contribution in [2.45, 2.75) is 46.6 Å². The summed E-state index contributed by atoms with van der Waals surface area (Å²) in [5.41, 5.74) is 1.59. The average Bonchev–Trinajstić information content (AvgIpc) is 2.93. The minimum absolute atomic E-state index is 0.0157. The van der Waals surface area contributed by atoms with Crippen LogP contribution in [0, 0.1) is 12.8 Å². The van der Waals surface area contributed by atoms with Gasteiger partial charge in [-0.2, -0.15) is 0 Å². The van der Waals surface area contributed by atoms with E-state index in [-0.39, 0.29) is 36.2 Å². The number of hydrogen-bond donors (Lipinski definition) is 1. The summed E-state index contributed by atoms with van der Waals surface area (Å²) < 4.78 is 0. The molecule has 1 N–H and O–H groups in total. The first-order valence-electron chi connectivity index (χ1n) is 9.07. The van der Waals surface area contributed by atoms with E-state index in [2.05, 4.69) is 5.32 Å². The van der Waals surface area contributed by atoms with Gasteiger partial charge in [-0.25, -0.2) is 0 Å². The van der Waals surface area contributed by atoms with E-state index in [1.807, 2.05) is 58.9 Å². The molecule has 1 aromatic rings. The fraction of sp³-hybridized carbons (Fsp3) is 0.550. The van der Waals surface area contributed by atoms with Crippen LogP contribution in [0.15, 0.2) is 24.3 Å². The van der Waals surface area contributed by atoms with Gasteiger partial charge in [-0.05, 0) is 46.8 Å². The Balaban J connectivity index is 2.03. The van der Waals surface area contributed by atoms with Crippen molar-refractivity contribution in [2.75, 3.05) is 24.5 Å². The van der Waals surface area contributed by atoms with Crippen LogP contribution in [0.5, 0.6) is 0 Å². The van der Waals surface area contributed by atoms with Gasteiger partial charge in [0.05, 0.1) is 12.5 Å². The molecule has 2 rings (SSSR count). The lowest BCUT2D eigenvalue weighted by Crippen LogP contribution is -2.48. The number of nitrogens with one attached hydrogen (secondary N) is 1. The van der Waals surface area contributed by atoms with E-state index < -0.39 is 5.92 Å². The van der Waals surface area contributed by atoms with Crippen LogP contribution in [0.2, 0.25) is 0 Å². The van der Waals surface area contributed by atoms with E-state index in [1.165, 1.54) is 4.90 Å². The van der Waals surface area contributed by atoms with Gasteiger partial charge in [0.2, 0.25) is 17.7 Å². The van der Waals surface area contributed by atoms with Crippen LogP contribution in [0.4, 0.5) is 5.69 Å². The molecule has 0 spiro atoms. The first kappa shape index (κ1) is 19.9. The second-order valence-corrected chi connectivity index (χ2v) is 7.89. The molecule has 0 aliphatic carbocycles. The molecule has 0 radical (unpaired) electrons. The molecule has 1 heterocycles. The quantitative estimate of drug-likeness (QED) is 0.875. The lowest BCUT2D eigenvalue weighted by molar-refractivity contribution is -0.139. The SMILES string of the molecule is CCN(CC(=O)NC(C)(C)C)C(=O)C1CC(=O)N(c2ccc(C)cc2)C1. The maximum absolute atomic E-state index is 12.8. The number of nitrogens with zero attached hydrogens (tertiary/aromatic N) is 2. The molecule has 0 saturated carbocycles. The number of anilines is 1. The molecule has 6 nitrogen and oxygen atoms in total. The summed E-state index contributed by atoms with van der Waals surface area (Å²) in [7, 11) is 0. The van der Waals surface area contributed by atoms with Gasteiger partial charge in [0.1, 0.15) is 0 Å². The highest BCUT2D eigenvalue weighted by atomic mass is 16.2. The van der Waals surface area contributed by atoms with Gasteiger partial charge in [-0.1, -0.05) is 17.7 Å². The summed E-state index contributed by atoms with van der Waals surface area (Å²) in [4.78, 5) is 40.5. The third kappa shape index (κ3) is 5.07. The number of hydrogen-bond acceptors (Lipinski definition) is 3. The number of benzene rings is 1. The Kier molecular flexibility index (Phi) is 6.05. The van der Waals surface area contributed by atoms with Gasteiger partial charge in [0, 0.05) is 30.7 Å². The Hall–Kier alpha value is -2.37.